The summed E-state index contributed by atoms with van der Waals surface area (Å²) in [6.07, 6.45) is 0. The van der Waals surface area contributed by atoms with E-state index < -0.39 is 0 Å². The molecular formula is C19H18ClN5OS. The molecule has 138 valence electrons. The summed E-state index contributed by atoms with van der Waals surface area (Å²) in [6.45, 7) is 2.69. The van der Waals surface area contributed by atoms with Gasteiger partial charge in [-0.3, -0.25) is 0 Å². The van der Waals surface area contributed by atoms with Gasteiger partial charge in [0.05, 0.1) is 4.88 Å². The fourth-order valence-electron chi connectivity index (χ4n) is 2.96. The fraction of sp³-hybridized carbons (Fsp3) is 0.211. The molecule has 0 saturated carbocycles. The molecule has 6 nitrogen and oxygen atoms in total. The van der Waals surface area contributed by atoms with Gasteiger partial charge in [-0.1, -0.05) is 23.7 Å². The van der Waals surface area contributed by atoms with E-state index in [4.69, 9.17) is 11.6 Å². The highest BCUT2D eigenvalue weighted by molar-refractivity contribution is 7.13. The van der Waals surface area contributed by atoms with Crippen molar-refractivity contribution in [3.05, 3.63) is 58.9 Å². The lowest BCUT2D eigenvalue weighted by molar-refractivity contribution is 0.208. The first kappa shape index (κ1) is 17.8. The zero-order valence-corrected chi connectivity index (χ0v) is 16.1. The number of nitrogens with zero attached hydrogens (tertiary/aromatic N) is 4. The molecule has 0 spiro atoms. The molecule has 1 aliphatic heterocycles. The van der Waals surface area contributed by atoms with Crippen molar-refractivity contribution in [2.24, 2.45) is 0 Å². The number of carbonyl (C=O) groups is 1. The SMILES string of the molecule is O=C(Nc1cccc(Cl)c1)N1CCN(c2ccc(-c3cccs3)nn2)CC1. The number of hydrogen-bond acceptors (Lipinski definition) is 5. The van der Waals surface area contributed by atoms with Crippen LogP contribution in [-0.2, 0) is 0 Å². The molecule has 3 aromatic rings. The number of amides is 2. The van der Waals surface area contributed by atoms with E-state index in [-0.39, 0.29) is 6.03 Å². The summed E-state index contributed by atoms with van der Waals surface area (Å²) in [4.78, 5) is 17.5. The van der Waals surface area contributed by atoms with E-state index in [0.717, 1.165) is 29.5 Å². The highest BCUT2D eigenvalue weighted by Gasteiger charge is 2.22. The van der Waals surface area contributed by atoms with Gasteiger partial charge in [0.1, 0.15) is 5.69 Å². The molecule has 0 aliphatic carbocycles. The normalized spacial score (nSPS) is 14.3. The summed E-state index contributed by atoms with van der Waals surface area (Å²) in [5.41, 5.74) is 1.58. The molecule has 1 fully saturated rings. The van der Waals surface area contributed by atoms with Crippen LogP contribution in [0, 0.1) is 0 Å². The first-order valence-corrected chi connectivity index (χ1v) is 9.89. The van der Waals surface area contributed by atoms with Crippen LogP contribution < -0.4 is 10.2 Å². The van der Waals surface area contributed by atoms with Crippen molar-refractivity contribution < 1.29 is 4.79 Å². The smallest absolute Gasteiger partial charge is 0.321 e. The van der Waals surface area contributed by atoms with Gasteiger partial charge in [0.2, 0.25) is 0 Å². The Balaban J connectivity index is 1.34. The average molecular weight is 400 g/mol. The van der Waals surface area contributed by atoms with E-state index >= 15 is 0 Å². The largest absolute Gasteiger partial charge is 0.352 e. The van der Waals surface area contributed by atoms with Crippen LogP contribution in [0.2, 0.25) is 5.02 Å². The van der Waals surface area contributed by atoms with E-state index in [9.17, 15) is 4.79 Å². The first-order valence-electron chi connectivity index (χ1n) is 8.63. The number of urea groups is 1. The van der Waals surface area contributed by atoms with E-state index in [1.807, 2.05) is 41.8 Å². The summed E-state index contributed by atoms with van der Waals surface area (Å²) in [5.74, 6) is 0.838. The van der Waals surface area contributed by atoms with Gasteiger partial charge in [0, 0.05) is 36.9 Å². The second-order valence-electron chi connectivity index (χ2n) is 6.17. The molecule has 1 aliphatic rings. The van der Waals surface area contributed by atoms with Crippen molar-refractivity contribution in [2.75, 3.05) is 36.4 Å². The summed E-state index contributed by atoms with van der Waals surface area (Å²) >= 11 is 7.61. The van der Waals surface area contributed by atoms with Gasteiger partial charge in [-0.25, -0.2) is 4.79 Å². The third-order valence-corrected chi connectivity index (χ3v) is 5.52. The van der Waals surface area contributed by atoms with E-state index in [1.165, 1.54) is 0 Å². The molecule has 8 heteroatoms. The number of piperazine rings is 1. The Morgan fingerprint density at radius 1 is 1.04 bits per heavy atom. The Bertz CT molecular complexity index is 908. The maximum atomic E-state index is 12.4. The minimum absolute atomic E-state index is 0.115. The summed E-state index contributed by atoms with van der Waals surface area (Å²) in [7, 11) is 0. The van der Waals surface area contributed by atoms with Gasteiger partial charge < -0.3 is 15.1 Å². The van der Waals surface area contributed by atoms with Crippen LogP contribution in [0.3, 0.4) is 0 Å². The lowest BCUT2D eigenvalue weighted by Gasteiger charge is -2.35. The molecule has 0 atom stereocenters. The lowest BCUT2D eigenvalue weighted by Crippen LogP contribution is -2.50. The van der Waals surface area contributed by atoms with Crippen LogP contribution in [0.5, 0.6) is 0 Å². The number of benzene rings is 1. The van der Waals surface area contributed by atoms with Gasteiger partial charge in [-0.2, -0.15) is 0 Å². The molecule has 1 aromatic carbocycles. The van der Waals surface area contributed by atoms with E-state index in [1.54, 1.807) is 28.4 Å². The number of aromatic nitrogens is 2. The van der Waals surface area contributed by atoms with E-state index in [0.29, 0.717) is 23.8 Å². The van der Waals surface area contributed by atoms with Gasteiger partial charge in [-0.05, 0) is 41.8 Å². The number of halogens is 1. The Morgan fingerprint density at radius 3 is 2.56 bits per heavy atom. The zero-order chi connectivity index (χ0) is 18.6. The van der Waals surface area contributed by atoms with Crippen molar-refractivity contribution >= 4 is 40.5 Å². The number of nitrogens with one attached hydrogen (secondary N) is 1. The number of rotatable bonds is 3. The van der Waals surface area contributed by atoms with Crippen LogP contribution in [0.1, 0.15) is 0 Å². The molecule has 2 amide bonds. The molecule has 1 saturated heterocycles. The third-order valence-electron chi connectivity index (χ3n) is 4.39. The van der Waals surface area contributed by atoms with Gasteiger partial charge in [0.25, 0.3) is 0 Å². The molecule has 0 bridgehead atoms. The second kappa shape index (κ2) is 7.94. The Morgan fingerprint density at radius 2 is 1.89 bits per heavy atom. The van der Waals surface area contributed by atoms with Gasteiger partial charge >= 0.3 is 6.03 Å². The molecule has 0 radical (unpaired) electrons. The highest BCUT2D eigenvalue weighted by Crippen LogP contribution is 2.23. The van der Waals surface area contributed by atoms with Gasteiger partial charge in [-0.15, -0.1) is 21.5 Å². The Kier molecular flexibility index (Phi) is 5.22. The summed E-state index contributed by atoms with van der Waals surface area (Å²) in [5, 5.41) is 14.2. The predicted molar refractivity (Wildman–Crippen MR) is 110 cm³/mol. The second-order valence-corrected chi connectivity index (χ2v) is 7.55. The topological polar surface area (TPSA) is 61.4 Å². The van der Waals surface area contributed by atoms with Crippen LogP contribution in [0.15, 0.2) is 53.9 Å². The monoisotopic (exact) mass is 399 g/mol. The molecule has 4 rings (SSSR count). The van der Waals surface area contributed by atoms with Crippen molar-refractivity contribution in [1.82, 2.24) is 15.1 Å². The number of thiophene rings is 1. The van der Waals surface area contributed by atoms with Gasteiger partial charge in [0.15, 0.2) is 5.82 Å². The minimum atomic E-state index is -0.115. The minimum Gasteiger partial charge on any atom is -0.352 e. The lowest BCUT2D eigenvalue weighted by atomic mass is 10.3. The summed E-state index contributed by atoms with van der Waals surface area (Å²) in [6, 6.07) is 15.1. The molecule has 0 unspecified atom stereocenters. The predicted octanol–water partition coefficient (Wildman–Crippen LogP) is 4.21. The van der Waals surface area contributed by atoms with Crippen molar-refractivity contribution in [1.29, 1.82) is 0 Å². The van der Waals surface area contributed by atoms with E-state index in [2.05, 4.69) is 20.4 Å². The Hall–Kier alpha value is -2.64. The van der Waals surface area contributed by atoms with Crippen LogP contribution in [0.25, 0.3) is 10.6 Å². The van der Waals surface area contributed by atoms with Crippen LogP contribution in [0.4, 0.5) is 16.3 Å². The molecule has 3 heterocycles. The fourth-order valence-corrected chi connectivity index (χ4v) is 3.84. The van der Waals surface area contributed by atoms with Crippen LogP contribution >= 0.6 is 22.9 Å². The van der Waals surface area contributed by atoms with Crippen LogP contribution in [-0.4, -0.2) is 47.3 Å². The zero-order valence-electron chi connectivity index (χ0n) is 14.5. The van der Waals surface area contributed by atoms with Crippen molar-refractivity contribution in [3.8, 4) is 10.6 Å². The standard InChI is InChI=1S/C19H18ClN5OS/c20-14-3-1-4-15(13-14)21-19(26)25-10-8-24(9-11-25)18-7-6-16(22-23-18)17-5-2-12-27-17/h1-7,12-13H,8-11H2,(H,21,26). The molecule has 27 heavy (non-hydrogen) atoms. The quantitative estimate of drug-likeness (QED) is 0.716. The van der Waals surface area contributed by atoms with Crippen molar-refractivity contribution in [3.63, 3.8) is 0 Å². The maximum Gasteiger partial charge on any atom is 0.321 e. The summed E-state index contributed by atoms with van der Waals surface area (Å²) < 4.78 is 0. The number of carbonyl (C=O) groups excluding carboxylic acids is 1. The van der Waals surface area contributed by atoms with Crippen molar-refractivity contribution in [2.45, 2.75) is 0 Å². The molecule has 1 N–H and O–H groups in total. The first-order chi connectivity index (χ1) is 13.2. The number of anilines is 2. The number of hydrogen-bond donors (Lipinski definition) is 1. The molecule has 2 aromatic heterocycles. The maximum absolute atomic E-state index is 12.4. The highest BCUT2D eigenvalue weighted by atomic mass is 35.5. The third kappa shape index (κ3) is 4.20. The Labute approximate surface area is 166 Å². The molecular weight excluding hydrogens is 382 g/mol. The average Bonchev–Trinajstić information content (AvgIpc) is 3.23.